The van der Waals surface area contributed by atoms with E-state index < -0.39 is 0 Å². The van der Waals surface area contributed by atoms with Gasteiger partial charge in [-0.15, -0.1) is 0 Å². The highest BCUT2D eigenvalue weighted by molar-refractivity contribution is 5.73. The van der Waals surface area contributed by atoms with Crippen molar-refractivity contribution in [1.29, 1.82) is 0 Å². The van der Waals surface area contributed by atoms with Crippen molar-refractivity contribution >= 4 is 12.1 Å². The summed E-state index contributed by atoms with van der Waals surface area (Å²) in [6.07, 6.45) is 3.29. The summed E-state index contributed by atoms with van der Waals surface area (Å²) in [6, 6.07) is 2.05. The predicted octanol–water partition coefficient (Wildman–Crippen LogP) is 2.06. The molecular formula is C16H22N4O. The fourth-order valence-corrected chi connectivity index (χ4v) is 2.56. The summed E-state index contributed by atoms with van der Waals surface area (Å²) in [7, 11) is 0. The Morgan fingerprint density at radius 3 is 2.81 bits per heavy atom. The third-order valence-electron chi connectivity index (χ3n) is 3.78. The zero-order valence-corrected chi connectivity index (χ0v) is 12.7. The van der Waals surface area contributed by atoms with Crippen LogP contribution < -0.4 is 4.90 Å². The van der Waals surface area contributed by atoms with Gasteiger partial charge in [0.1, 0.15) is 17.3 Å². The summed E-state index contributed by atoms with van der Waals surface area (Å²) in [5.74, 6) is 1.54. The highest BCUT2D eigenvalue weighted by Crippen LogP contribution is 2.21. The van der Waals surface area contributed by atoms with Crippen molar-refractivity contribution in [2.75, 3.05) is 24.5 Å². The summed E-state index contributed by atoms with van der Waals surface area (Å²) < 4.78 is 0. The number of aromatic nitrogens is 2. The molecule has 2 rings (SSSR count). The summed E-state index contributed by atoms with van der Waals surface area (Å²) in [4.78, 5) is 24.2. The molecule has 112 valence electrons. The standard InChI is InChI=1S/C16H22N4O/c1-5-12(3)19-7-8-20(13(4)10-19)16-9-14(11-21)17-15(6-2)18-16/h5,9,11,13H,1,3,6-8,10H2,2,4H3. The molecular weight excluding hydrogens is 264 g/mol. The number of aryl methyl sites for hydroxylation is 1. The quantitative estimate of drug-likeness (QED) is 0.612. The zero-order valence-electron chi connectivity index (χ0n) is 12.7. The van der Waals surface area contributed by atoms with E-state index in [0.29, 0.717) is 11.5 Å². The SMILES string of the molecule is C=CC(=C)N1CCN(c2cc(C=O)nc(CC)n2)C(C)C1. The number of hydrogen-bond donors (Lipinski definition) is 0. The Hall–Kier alpha value is -2.17. The van der Waals surface area contributed by atoms with Crippen LogP contribution in [-0.4, -0.2) is 46.8 Å². The number of anilines is 1. The summed E-state index contributed by atoms with van der Waals surface area (Å²) >= 11 is 0. The van der Waals surface area contributed by atoms with Crippen molar-refractivity contribution < 1.29 is 4.79 Å². The maximum atomic E-state index is 11.0. The molecule has 0 saturated carbocycles. The molecule has 0 bridgehead atoms. The van der Waals surface area contributed by atoms with Gasteiger partial charge in [-0.05, 0) is 13.0 Å². The van der Waals surface area contributed by atoms with Gasteiger partial charge in [0.15, 0.2) is 6.29 Å². The van der Waals surface area contributed by atoms with Crippen LogP contribution in [-0.2, 0) is 6.42 Å². The first kappa shape index (κ1) is 15.2. The van der Waals surface area contributed by atoms with Crippen LogP contribution in [0.2, 0.25) is 0 Å². The average Bonchev–Trinajstić information content (AvgIpc) is 2.53. The molecule has 1 aromatic heterocycles. The van der Waals surface area contributed by atoms with Gasteiger partial charge < -0.3 is 9.80 Å². The van der Waals surface area contributed by atoms with Crippen molar-refractivity contribution in [3.05, 3.63) is 42.5 Å². The van der Waals surface area contributed by atoms with Crippen LogP contribution in [0.5, 0.6) is 0 Å². The van der Waals surface area contributed by atoms with Crippen LogP contribution in [0, 0.1) is 0 Å². The molecule has 0 aliphatic carbocycles. The lowest BCUT2D eigenvalue weighted by Crippen LogP contribution is -2.51. The van der Waals surface area contributed by atoms with E-state index in [4.69, 9.17) is 0 Å². The Balaban J connectivity index is 2.21. The molecule has 1 aliphatic rings. The normalized spacial score (nSPS) is 18.5. The smallest absolute Gasteiger partial charge is 0.168 e. The Kier molecular flexibility index (Phi) is 4.73. The molecule has 1 aliphatic heterocycles. The van der Waals surface area contributed by atoms with Gasteiger partial charge in [-0.1, -0.05) is 20.1 Å². The Morgan fingerprint density at radius 2 is 2.24 bits per heavy atom. The molecule has 1 fully saturated rings. The minimum absolute atomic E-state index is 0.287. The molecule has 1 saturated heterocycles. The predicted molar refractivity (Wildman–Crippen MR) is 84.5 cm³/mol. The third kappa shape index (κ3) is 3.29. The number of piperazine rings is 1. The van der Waals surface area contributed by atoms with Gasteiger partial charge in [-0.3, -0.25) is 4.79 Å². The second kappa shape index (κ2) is 6.52. The topological polar surface area (TPSA) is 49.3 Å². The van der Waals surface area contributed by atoms with Gasteiger partial charge in [0.25, 0.3) is 0 Å². The molecule has 1 unspecified atom stereocenters. The number of aldehydes is 1. The van der Waals surface area contributed by atoms with E-state index in [0.717, 1.165) is 43.9 Å². The van der Waals surface area contributed by atoms with Crippen LogP contribution in [0.15, 0.2) is 31.0 Å². The number of hydrogen-bond acceptors (Lipinski definition) is 5. The fraction of sp³-hybridized carbons (Fsp3) is 0.438. The average molecular weight is 286 g/mol. The molecule has 0 amide bonds. The second-order valence-electron chi connectivity index (χ2n) is 5.22. The number of carbonyl (C=O) groups is 1. The summed E-state index contributed by atoms with van der Waals surface area (Å²) in [6.45, 7) is 14.5. The monoisotopic (exact) mass is 286 g/mol. The Labute approximate surface area is 126 Å². The number of carbonyl (C=O) groups excluding carboxylic acids is 1. The van der Waals surface area contributed by atoms with E-state index in [1.165, 1.54) is 0 Å². The minimum atomic E-state index is 0.287. The fourth-order valence-electron chi connectivity index (χ4n) is 2.56. The van der Waals surface area contributed by atoms with Gasteiger partial charge in [-0.2, -0.15) is 0 Å². The number of allylic oxidation sites excluding steroid dienone is 1. The molecule has 0 spiro atoms. The van der Waals surface area contributed by atoms with E-state index >= 15 is 0 Å². The second-order valence-corrected chi connectivity index (χ2v) is 5.22. The van der Waals surface area contributed by atoms with Crippen molar-refractivity contribution in [1.82, 2.24) is 14.9 Å². The van der Waals surface area contributed by atoms with Crippen molar-refractivity contribution in [3.63, 3.8) is 0 Å². The summed E-state index contributed by atoms with van der Waals surface area (Å²) in [5.41, 5.74) is 1.40. The van der Waals surface area contributed by atoms with Crippen LogP contribution >= 0.6 is 0 Å². The van der Waals surface area contributed by atoms with Crippen molar-refractivity contribution in [2.24, 2.45) is 0 Å². The maximum absolute atomic E-state index is 11.0. The first-order chi connectivity index (χ1) is 10.1. The maximum Gasteiger partial charge on any atom is 0.168 e. The van der Waals surface area contributed by atoms with E-state index in [9.17, 15) is 4.79 Å². The highest BCUT2D eigenvalue weighted by atomic mass is 16.1. The number of nitrogens with zero attached hydrogens (tertiary/aromatic N) is 4. The van der Waals surface area contributed by atoms with Crippen LogP contribution in [0.3, 0.4) is 0 Å². The molecule has 2 heterocycles. The highest BCUT2D eigenvalue weighted by Gasteiger charge is 2.25. The lowest BCUT2D eigenvalue weighted by atomic mass is 10.1. The first-order valence-electron chi connectivity index (χ1n) is 7.25. The third-order valence-corrected chi connectivity index (χ3v) is 3.78. The zero-order chi connectivity index (χ0) is 15.4. The number of rotatable bonds is 5. The lowest BCUT2D eigenvalue weighted by Gasteiger charge is -2.41. The Morgan fingerprint density at radius 1 is 1.48 bits per heavy atom. The molecule has 1 atom stereocenters. The molecule has 0 radical (unpaired) electrons. The molecule has 0 N–H and O–H groups in total. The lowest BCUT2D eigenvalue weighted by molar-refractivity contribution is 0.111. The van der Waals surface area contributed by atoms with E-state index in [1.54, 1.807) is 12.1 Å². The van der Waals surface area contributed by atoms with Gasteiger partial charge >= 0.3 is 0 Å². The van der Waals surface area contributed by atoms with Crippen LogP contribution in [0.1, 0.15) is 30.2 Å². The molecule has 5 nitrogen and oxygen atoms in total. The van der Waals surface area contributed by atoms with Gasteiger partial charge in [0.2, 0.25) is 0 Å². The van der Waals surface area contributed by atoms with E-state index in [1.807, 2.05) is 6.92 Å². The largest absolute Gasteiger partial charge is 0.368 e. The molecule has 5 heteroatoms. The van der Waals surface area contributed by atoms with Crippen LogP contribution in [0.25, 0.3) is 0 Å². The van der Waals surface area contributed by atoms with Crippen molar-refractivity contribution in [3.8, 4) is 0 Å². The van der Waals surface area contributed by atoms with Gasteiger partial charge in [0, 0.05) is 43.9 Å². The molecule has 0 aromatic carbocycles. The van der Waals surface area contributed by atoms with Crippen molar-refractivity contribution in [2.45, 2.75) is 26.3 Å². The molecule has 21 heavy (non-hydrogen) atoms. The van der Waals surface area contributed by atoms with Crippen LogP contribution in [0.4, 0.5) is 5.82 Å². The van der Waals surface area contributed by atoms with E-state index in [2.05, 4.69) is 39.8 Å². The molecule has 1 aromatic rings. The van der Waals surface area contributed by atoms with Gasteiger partial charge in [0.05, 0.1) is 0 Å². The van der Waals surface area contributed by atoms with E-state index in [-0.39, 0.29) is 6.04 Å². The first-order valence-corrected chi connectivity index (χ1v) is 7.25. The minimum Gasteiger partial charge on any atom is -0.368 e. The summed E-state index contributed by atoms with van der Waals surface area (Å²) in [5, 5.41) is 0. The van der Waals surface area contributed by atoms with Gasteiger partial charge in [-0.25, -0.2) is 9.97 Å². The Bertz CT molecular complexity index is 555.